The van der Waals surface area contributed by atoms with Gasteiger partial charge in [0.1, 0.15) is 6.10 Å². The van der Waals surface area contributed by atoms with Crippen molar-refractivity contribution < 1.29 is 19.4 Å². The highest BCUT2D eigenvalue weighted by atomic mass is 16.5. The van der Waals surface area contributed by atoms with E-state index in [-0.39, 0.29) is 12.4 Å². The van der Waals surface area contributed by atoms with E-state index < -0.39 is 12.1 Å². The van der Waals surface area contributed by atoms with Gasteiger partial charge in [0.2, 0.25) is 0 Å². The Labute approximate surface area is 241 Å². The number of carbonyl (C=O) groups is 2. The van der Waals surface area contributed by atoms with E-state index in [1.807, 2.05) is 0 Å². The van der Waals surface area contributed by atoms with Crippen molar-refractivity contribution in [2.24, 2.45) is 0 Å². The van der Waals surface area contributed by atoms with E-state index >= 15 is 0 Å². The largest absolute Gasteiger partial charge is 0.481 e. The summed E-state index contributed by atoms with van der Waals surface area (Å²) in [6.07, 6.45) is 39.8. The Morgan fingerprint density at radius 2 is 1.03 bits per heavy atom. The summed E-state index contributed by atoms with van der Waals surface area (Å²) in [5.41, 5.74) is 0. The molecule has 1 N–H and O–H groups in total. The van der Waals surface area contributed by atoms with Crippen LogP contribution in [0.15, 0.2) is 48.6 Å². The molecule has 0 bridgehead atoms. The van der Waals surface area contributed by atoms with E-state index in [1.54, 1.807) is 0 Å². The van der Waals surface area contributed by atoms with Gasteiger partial charge in [0.15, 0.2) is 0 Å². The Hall–Kier alpha value is -2.10. The molecular weight excluding hydrogens is 484 g/mol. The lowest BCUT2D eigenvalue weighted by Crippen LogP contribution is -2.21. The minimum absolute atomic E-state index is 0.0969. The summed E-state index contributed by atoms with van der Waals surface area (Å²) in [6.45, 7) is 4.47. The number of esters is 1. The molecule has 224 valence electrons. The van der Waals surface area contributed by atoms with Crippen LogP contribution in [-0.4, -0.2) is 23.1 Å². The first-order valence-corrected chi connectivity index (χ1v) is 16.1. The molecule has 0 saturated carbocycles. The molecule has 0 amide bonds. The zero-order valence-corrected chi connectivity index (χ0v) is 25.4. The molecule has 4 nitrogen and oxygen atoms in total. The number of carboxylic acid groups (broad SMARTS) is 1. The predicted octanol–water partition coefficient (Wildman–Crippen LogP) is 10.8. The third-order valence-corrected chi connectivity index (χ3v) is 6.79. The topological polar surface area (TPSA) is 63.6 Å². The van der Waals surface area contributed by atoms with E-state index in [0.29, 0.717) is 12.8 Å². The Morgan fingerprint density at radius 1 is 0.590 bits per heavy atom. The first-order chi connectivity index (χ1) is 19.1. The molecule has 4 heteroatoms. The van der Waals surface area contributed by atoms with Crippen LogP contribution < -0.4 is 0 Å². The van der Waals surface area contributed by atoms with Crippen LogP contribution in [0.4, 0.5) is 0 Å². The van der Waals surface area contributed by atoms with Gasteiger partial charge in [0.25, 0.3) is 0 Å². The van der Waals surface area contributed by atoms with Crippen LogP contribution in [0.5, 0.6) is 0 Å². The average molecular weight is 545 g/mol. The summed E-state index contributed by atoms with van der Waals surface area (Å²) in [5, 5.41) is 9.18. The van der Waals surface area contributed by atoms with E-state index in [0.717, 1.165) is 44.9 Å². The number of aliphatic carboxylic acids is 1. The lowest BCUT2D eigenvalue weighted by atomic mass is 10.0. The summed E-state index contributed by atoms with van der Waals surface area (Å²) in [4.78, 5) is 23.4. The van der Waals surface area contributed by atoms with Crippen molar-refractivity contribution in [2.75, 3.05) is 0 Å². The molecule has 0 aromatic heterocycles. The maximum atomic E-state index is 12.2. The Bertz CT molecular complexity index is 674. The molecular formula is C35H60O4. The zero-order chi connectivity index (χ0) is 28.7. The second-order valence-corrected chi connectivity index (χ2v) is 10.7. The molecule has 39 heavy (non-hydrogen) atoms. The molecule has 1 unspecified atom stereocenters. The molecule has 0 aromatic rings. The highest BCUT2D eigenvalue weighted by molar-refractivity contribution is 5.71. The number of hydrogen-bond acceptors (Lipinski definition) is 3. The van der Waals surface area contributed by atoms with Crippen LogP contribution in [0.25, 0.3) is 0 Å². The van der Waals surface area contributed by atoms with Crippen LogP contribution in [0.3, 0.4) is 0 Å². The molecule has 0 fully saturated rings. The maximum absolute atomic E-state index is 12.2. The molecule has 0 aliphatic rings. The summed E-state index contributed by atoms with van der Waals surface area (Å²) >= 11 is 0. The first kappa shape index (κ1) is 36.9. The van der Waals surface area contributed by atoms with Gasteiger partial charge >= 0.3 is 11.9 Å². The Morgan fingerprint density at radius 3 is 1.54 bits per heavy atom. The summed E-state index contributed by atoms with van der Waals surface area (Å²) in [6, 6.07) is 0. The van der Waals surface area contributed by atoms with Crippen molar-refractivity contribution >= 4 is 11.9 Å². The van der Waals surface area contributed by atoms with Crippen molar-refractivity contribution in [3.63, 3.8) is 0 Å². The number of allylic oxidation sites excluding steroid dienone is 8. The lowest BCUT2D eigenvalue weighted by Gasteiger charge is -2.16. The standard InChI is InChI=1S/C35H60O4/c1-3-5-7-9-11-13-15-16-17-18-19-20-21-23-25-27-29-31-35(38)39-33(32-34(36)37)30-28-26-24-22-14-12-10-8-6-4-2/h11,13,16-17,19-20,23,25,33H,3-10,12,14-15,18,21-22,24,26-32H2,1-2H3,(H,36,37)/b13-11-,17-16-,20-19-,25-23-. The van der Waals surface area contributed by atoms with Crippen molar-refractivity contribution in [3.8, 4) is 0 Å². The van der Waals surface area contributed by atoms with Gasteiger partial charge in [-0.15, -0.1) is 0 Å². The number of carbonyl (C=O) groups excluding carboxylic acids is 1. The number of hydrogen-bond donors (Lipinski definition) is 1. The quantitative estimate of drug-likeness (QED) is 0.0604. The van der Waals surface area contributed by atoms with E-state index in [4.69, 9.17) is 4.74 Å². The third kappa shape index (κ3) is 30.3. The summed E-state index contributed by atoms with van der Waals surface area (Å²) in [5.74, 6) is -1.18. The number of carboxylic acids is 1. The SMILES string of the molecule is CCCCC/C=C\C/C=C\C/C=C\C/C=C\CCCC(=O)OC(CCCCCCCCCCCC)CC(=O)O. The molecule has 0 aromatic carbocycles. The first-order valence-electron chi connectivity index (χ1n) is 16.1. The van der Waals surface area contributed by atoms with Crippen LogP contribution in [-0.2, 0) is 14.3 Å². The molecule has 0 aliphatic heterocycles. The van der Waals surface area contributed by atoms with Gasteiger partial charge in [-0.05, 0) is 57.8 Å². The van der Waals surface area contributed by atoms with Crippen molar-refractivity contribution in [1.29, 1.82) is 0 Å². The highest BCUT2D eigenvalue weighted by Gasteiger charge is 2.17. The fourth-order valence-electron chi connectivity index (χ4n) is 4.43. The summed E-state index contributed by atoms with van der Waals surface area (Å²) < 4.78 is 5.51. The van der Waals surface area contributed by atoms with Crippen molar-refractivity contribution in [1.82, 2.24) is 0 Å². The van der Waals surface area contributed by atoms with Gasteiger partial charge in [0, 0.05) is 6.42 Å². The van der Waals surface area contributed by atoms with Gasteiger partial charge in [0.05, 0.1) is 6.42 Å². The zero-order valence-electron chi connectivity index (χ0n) is 25.4. The number of ether oxygens (including phenoxy) is 1. The van der Waals surface area contributed by atoms with Gasteiger partial charge < -0.3 is 9.84 Å². The van der Waals surface area contributed by atoms with E-state index in [9.17, 15) is 14.7 Å². The van der Waals surface area contributed by atoms with Gasteiger partial charge in [-0.1, -0.05) is 133 Å². The summed E-state index contributed by atoms with van der Waals surface area (Å²) in [7, 11) is 0. The van der Waals surface area contributed by atoms with Crippen LogP contribution in [0, 0.1) is 0 Å². The van der Waals surface area contributed by atoms with Crippen molar-refractivity contribution in [2.45, 2.75) is 161 Å². The van der Waals surface area contributed by atoms with Gasteiger partial charge in [-0.2, -0.15) is 0 Å². The van der Waals surface area contributed by atoms with Crippen molar-refractivity contribution in [3.05, 3.63) is 48.6 Å². The molecule has 0 heterocycles. The molecule has 1 atom stereocenters. The Balaban J connectivity index is 3.85. The molecule has 0 saturated heterocycles. The average Bonchev–Trinajstić information content (AvgIpc) is 2.91. The normalized spacial score (nSPS) is 12.9. The smallest absolute Gasteiger partial charge is 0.307 e. The van der Waals surface area contributed by atoms with Crippen LogP contribution >= 0.6 is 0 Å². The Kier molecular flexibility index (Phi) is 28.8. The molecule has 0 rings (SSSR count). The highest BCUT2D eigenvalue weighted by Crippen LogP contribution is 2.15. The minimum atomic E-state index is -0.902. The van der Waals surface area contributed by atoms with E-state index in [2.05, 4.69) is 62.5 Å². The maximum Gasteiger partial charge on any atom is 0.307 e. The number of rotatable bonds is 28. The molecule has 0 spiro atoms. The third-order valence-electron chi connectivity index (χ3n) is 6.79. The second kappa shape index (κ2) is 30.4. The predicted molar refractivity (Wildman–Crippen MR) is 167 cm³/mol. The molecule has 0 radical (unpaired) electrons. The monoisotopic (exact) mass is 544 g/mol. The minimum Gasteiger partial charge on any atom is -0.481 e. The van der Waals surface area contributed by atoms with Crippen LogP contribution in [0.1, 0.15) is 155 Å². The van der Waals surface area contributed by atoms with Gasteiger partial charge in [-0.25, -0.2) is 0 Å². The van der Waals surface area contributed by atoms with E-state index in [1.165, 1.54) is 77.0 Å². The number of unbranched alkanes of at least 4 members (excludes halogenated alkanes) is 13. The fourth-order valence-corrected chi connectivity index (χ4v) is 4.43. The van der Waals surface area contributed by atoms with Gasteiger partial charge in [-0.3, -0.25) is 9.59 Å². The van der Waals surface area contributed by atoms with Crippen LogP contribution in [0.2, 0.25) is 0 Å². The molecule has 0 aliphatic carbocycles. The lowest BCUT2D eigenvalue weighted by molar-refractivity contribution is -0.153. The fraction of sp³-hybridized carbons (Fsp3) is 0.714. The second-order valence-electron chi connectivity index (χ2n) is 10.7.